The highest BCUT2D eigenvalue weighted by Gasteiger charge is 2.57. The molecule has 6 heteroatoms. The number of guanidine groups is 1. The number of nitrogens with zero attached hydrogens (tertiary/aromatic N) is 3. The average Bonchev–Trinajstić information content (AvgIpc) is 3.28. The predicted octanol–water partition coefficient (Wildman–Crippen LogP) is 5.62. The van der Waals surface area contributed by atoms with E-state index in [1.807, 2.05) is 30.3 Å². The van der Waals surface area contributed by atoms with Crippen LogP contribution in [0.2, 0.25) is 0 Å². The minimum absolute atomic E-state index is 0.230. The lowest BCUT2D eigenvalue weighted by atomic mass is 9.77. The molecule has 1 unspecified atom stereocenters. The predicted molar refractivity (Wildman–Crippen MR) is 125 cm³/mol. The molecule has 0 bridgehead atoms. The minimum Gasteiger partial charge on any atom is -0.487 e. The summed E-state index contributed by atoms with van der Waals surface area (Å²) in [5.41, 5.74) is 8.69. The molecule has 32 heavy (non-hydrogen) atoms. The van der Waals surface area contributed by atoms with E-state index in [2.05, 4.69) is 37.7 Å². The molecule has 3 aliphatic rings. The zero-order chi connectivity index (χ0) is 22.7. The second-order valence-electron chi connectivity index (χ2n) is 10.5. The molecule has 0 saturated heterocycles. The van der Waals surface area contributed by atoms with Gasteiger partial charge in [-0.1, -0.05) is 45.0 Å². The molecule has 0 amide bonds. The molecular weight excluding hydrogens is 400 g/mol. The largest absolute Gasteiger partial charge is 0.487 e. The van der Waals surface area contributed by atoms with Crippen LogP contribution in [-0.2, 0) is 10.6 Å². The highest BCUT2D eigenvalue weighted by atomic mass is 16.7. The molecule has 2 heterocycles. The minimum atomic E-state index is -0.896. The summed E-state index contributed by atoms with van der Waals surface area (Å²) in [4.78, 5) is 14.8. The summed E-state index contributed by atoms with van der Waals surface area (Å²) in [6, 6.07) is 13.8. The molecular formula is C26H30N4O2. The standard InChI is InChI=1S/C26H30N4O2/c1-24(2,3)19-11-12-25(15-19)16-26(29-23(27)30(5)32-26)21-14-18(9-10-22(21)31-25)17-7-6-8-20(13-17)28-4/h6-10,13-14,19H,11-12,15-16H2,1-3,5H3,(H2,27,29)/t19?,25-,26-/m1/s1. The summed E-state index contributed by atoms with van der Waals surface area (Å²) >= 11 is 0. The molecule has 3 atom stereocenters. The Kier molecular flexibility index (Phi) is 4.55. The first-order valence-electron chi connectivity index (χ1n) is 11.2. The van der Waals surface area contributed by atoms with Gasteiger partial charge < -0.3 is 10.5 Å². The third kappa shape index (κ3) is 3.32. The van der Waals surface area contributed by atoms with Gasteiger partial charge in [0.15, 0.2) is 5.69 Å². The van der Waals surface area contributed by atoms with Crippen LogP contribution in [0.3, 0.4) is 0 Å². The van der Waals surface area contributed by atoms with Crippen molar-refractivity contribution >= 4 is 11.6 Å². The van der Waals surface area contributed by atoms with Gasteiger partial charge in [-0.05, 0) is 59.9 Å². The molecule has 1 saturated carbocycles. The van der Waals surface area contributed by atoms with Gasteiger partial charge in [0.2, 0.25) is 11.7 Å². The van der Waals surface area contributed by atoms with Crippen LogP contribution in [0, 0.1) is 17.9 Å². The van der Waals surface area contributed by atoms with Gasteiger partial charge in [-0.15, -0.1) is 0 Å². The van der Waals surface area contributed by atoms with Crippen molar-refractivity contribution in [3.63, 3.8) is 0 Å². The Hall–Kier alpha value is -3.04. The van der Waals surface area contributed by atoms with Crippen LogP contribution in [-0.4, -0.2) is 23.7 Å². The molecule has 0 aromatic heterocycles. The van der Waals surface area contributed by atoms with Crippen LogP contribution >= 0.6 is 0 Å². The van der Waals surface area contributed by atoms with Crippen LogP contribution in [0.15, 0.2) is 47.5 Å². The van der Waals surface area contributed by atoms with Crippen molar-refractivity contribution in [3.8, 4) is 16.9 Å². The monoisotopic (exact) mass is 430 g/mol. The van der Waals surface area contributed by atoms with Crippen molar-refractivity contribution in [1.82, 2.24) is 5.06 Å². The number of hydrogen-bond donors (Lipinski definition) is 1. The maximum Gasteiger partial charge on any atom is 0.222 e. The number of rotatable bonds is 1. The van der Waals surface area contributed by atoms with E-state index in [9.17, 15) is 0 Å². The quantitative estimate of drug-likeness (QED) is 0.597. The number of hydroxylamine groups is 2. The summed E-state index contributed by atoms with van der Waals surface area (Å²) in [5.74, 6) is 1.76. The third-order valence-corrected chi connectivity index (χ3v) is 7.29. The molecule has 6 nitrogen and oxygen atoms in total. The fourth-order valence-electron chi connectivity index (χ4n) is 5.47. The summed E-state index contributed by atoms with van der Waals surface area (Å²) in [7, 11) is 1.80. The Balaban J connectivity index is 1.60. The van der Waals surface area contributed by atoms with E-state index in [1.165, 1.54) is 0 Å². The SMILES string of the molecule is [C-]#[N+]c1cccc(-c2ccc3c(c2)[C@]2(C[C@]4(CCC(C(C)(C)C)C4)O3)N=C(N)N(C)O2)c1. The first-order chi connectivity index (χ1) is 15.1. The number of nitrogens with two attached hydrogens (primary N) is 1. The number of fused-ring (bicyclic) bond motifs is 2. The number of benzene rings is 2. The fourth-order valence-corrected chi connectivity index (χ4v) is 5.47. The van der Waals surface area contributed by atoms with Gasteiger partial charge in [-0.25, -0.2) is 19.7 Å². The van der Waals surface area contributed by atoms with E-state index < -0.39 is 5.72 Å². The molecule has 2 spiro atoms. The summed E-state index contributed by atoms with van der Waals surface area (Å²) in [5, 5.41) is 1.56. The zero-order valence-corrected chi connectivity index (χ0v) is 19.2. The molecule has 1 aliphatic carbocycles. The zero-order valence-electron chi connectivity index (χ0n) is 19.2. The first kappa shape index (κ1) is 20.8. The smallest absolute Gasteiger partial charge is 0.222 e. The fraction of sp³-hybridized carbons (Fsp3) is 0.462. The Labute approximate surface area is 189 Å². The Morgan fingerprint density at radius 2 is 1.97 bits per heavy atom. The Morgan fingerprint density at radius 1 is 1.19 bits per heavy atom. The van der Waals surface area contributed by atoms with Crippen molar-refractivity contribution in [2.24, 2.45) is 22.1 Å². The van der Waals surface area contributed by atoms with Gasteiger partial charge in [0.1, 0.15) is 11.4 Å². The van der Waals surface area contributed by atoms with Crippen LogP contribution in [0.5, 0.6) is 5.75 Å². The third-order valence-electron chi connectivity index (χ3n) is 7.29. The van der Waals surface area contributed by atoms with E-state index >= 15 is 0 Å². The molecule has 2 aliphatic heterocycles. The van der Waals surface area contributed by atoms with Gasteiger partial charge in [0.05, 0.1) is 12.1 Å². The van der Waals surface area contributed by atoms with Crippen molar-refractivity contribution < 1.29 is 9.57 Å². The maximum atomic E-state index is 7.33. The van der Waals surface area contributed by atoms with Crippen molar-refractivity contribution in [1.29, 1.82) is 0 Å². The van der Waals surface area contributed by atoms with E-state index in [-0.39, 0.29) is 11.0 Å². The lowest BCUT2D eigenvalue weighted by Gasteiger charge is -2.44. The maximum absolute atomic E-state index is 7.33. The Bertz CT molecular complexity index is 1150. The second-order valence-corrected chi connectivity index (χ2v) is 10.5. The average molecular weight is 431 g/mol. The lowest BCUT2D eigenvalue weighted by molar-refractivity contribution is -0.204. The van der Waals surface area contributed by atoms with Gasteiger partial charge >= 0.3 is 0 Å². The summed E-state index contributed by atoms with van der Waals surface area (Å²) in [6.07, 6.45) is 3.73. The van der Waals surface area contributed by atoms with Crippen LogP contribution in [0.25, 0.3) is 16.0 Å². The van der Waals surface area contributed by atoms with Gasteiger partial charge in [0.25, 0.3) is 0 Å². The lowest BCUT2D eigenvalue weighted by Crippen LogP contribution is -2.47. The highest BCUT2D eigenvalue weighted by molar-refractivity contribution is 5.79. The van der Waals surface area contributed by atoms with Crippen molar-refractivity contribution in [3.05, 3.63) is 59.4 Å². The molecule has 2 aromatic carbocycles. The van der Waals surface area contributed by atoms with Crippen molar-refractivity contribution in [2.45, 2.75) is 57.8 Å². The van der Waals surface area contributed by atoms with Crippen LogP contribution in [0.4, 0.5) is 5.69 Å². The molecule has 2 aromatic rings. The van der Waals surface area contributed by atoms with Gasteiger partial charge in [-0.3, -0.25) is 0 Å². The molecule has 166 valence electrons. The highest BCUT2D eigenvalue weighted by Crippen LogP contribution is 2.57. The summed E-state index contributed by atoms with van der Waals surface area (Å²) in [6.45, 7) is 14.3. The number of ether oxygens (including phenoxy) is 1. The number of aliphatic imine (C=N–C) groups is 1. The van der Waals surface area contributed by atoms with Crippen LogP contribution < -0.4 is 10.5 Å². The van der Waals surface area contributed by atoms with Crippen molar-refractivity contribution in [2.75, 3.05) is 7.05 Å². The van der Waals surface area contributed by atoms with E-state index in [4.69, 9.17) is 26.9 Å². The molecule has 0 radical (unpaired) electrons. The van der Waals surface area contributed by atoms with E-state index in [0.717, 1.165) is 41.7 Å². The number of hydrogen-bond acceptors (Lipinski definition) is 5. The Morgan fingerprint density at radius 3 is 2.62 bits per heavy atom. The second kappa shape index (κ2) is 6.98. The summed E-state index contributed by atoms with van der Waals surface area (Å²) < 4.78 is 6.74. The van der Waals surface area contributed by atoms with E-state index in [0.29, 0.717) is 24.0 Å². The van der Waals surface area contributed by atoms with E-state index in [1.54, 1.807) is 12.1 Å². The van der Waals surface area contributed by atoms with Crippen LogP contribution in [0.1, 0.15) is 52.0 Å². The first-order valence-corrected chi connectivity index (χ1v) is 11.2. The van der Waals surface area contributed by atoms with Gasteiger partial charge in [0, 0.05) is 13.5 Å². The molecule has 5 rings (SSSR count). The normalized spacial score (nSPS) is 29.0. The van der Waals surface area contributed by atoms with Gasteiger partial charge in [-0.2, -0.15) is 0 Å². The molecule has 2 N–H and O–H groups in total. The topological polar surface area (TPSA) is 64.4 Å². The molecule has 1 fully saturated rings.